The summed E-state index contributed by atoms with van der Waals surface area (Å²) in [6, 6.07) is 17.3. The first kappa shape index (κ1) is 37.3. The summed E-state index contributed by atoms with van der Waals surface area (Å²) in [6.45, 7) is 23.0. The maximum atomic E-state index is 9.38. The molecule has 0 aliphatic heterocycles. The minimum atomic E-state index is 0.170. The Kier molecular flexibility index (Phi) is 17.4. The monoisotopic (exact) mass is 552 g/mol. The Morgan fingerprint density at radius 2 is 1.07 bits per heavy atom. The van der Waals surface area contributed by atoms with Gasteiger partial charge in [0.15, 0.2) is 0 Å². The quantitative estimate of drug-likeness (QED) is 0.260. The van der Waals surface area contributed by atoms with E-state index in [9.17, 15) is 5.11 Å². The molecule has 0 radical (unpaired) electrons. The number of aryl methyl sites for hydroxylation is 1. The summed E-state index contributed by atoms with van der Waals surface area (Å²) in [5, 5.41) is 28.9. The van der Waals surface area contributed by atoms with E-state index in [2.05, 4.69) is 13.8 Å². The molecule has 4 aliphatic rings. The zero-order valence-corrected chi connectivity index (χ0v) is 27.5. The topological polar surface area (TPSA) is 60.7 Å². The molecule has 3 heteroatoms. The average molecular weight is 553 g/mol. The normalized spacial score (nSPS) is 24.3. The second-order valence-electron chi connectivity index (χ2n) is 11.1. The van der Waals surface area contributed by atoms with E-state index in [4.69, 9.17) is 10.2 Å². The molecule has 0 heterocycles. The van der Waals surface area contributed by atoms with Crippen LogP contribution in [0.2, 0.25) is 0 Å². The van der Waals surface area contributed by atoms with Crippen LogP contribution >= 0.6 is 0 Å². The van der Waals surface area contributed by atoms with Crippen LogP contribution in [0.4, 0.5) is 0 Å². The minimum Gasteiger partial charge on any atom is -0.508 e. The molecule has 3 nitrogen and oxygen atoms in total. The van der Waals surface area contributed by atoms with Gasteiger partial charge in [-0.25, -0.2) is 0 Å². The zero-order chi connectivity index (χ0) is 30.9. The summed E-state index contributed by atoms with van der Waals surface area (Å²) in [5.41, 5.74) is 2.61. The highest BCUT2D eigenvalue weighted by atomic mass is 16.3. The Labute approximate surface area is 246 Å². The van der Waals surface area contributed by atoms with E-state index in [1.54, 1.807) is 74.6 Å². The molecule has 226 valence electrons. The number of hydrogen-bond donors (Lipinski definition) is 3. The van der Waals surface area contributed by atoms with Crippen LogP contribution in [0.25, 0.3) is 10.8 Å². The van der Waals surface area contributed by atoms with Gasteiger partial charge in [-0.15, -0.1) is 0 Å². The van der Waals surface area contributed by atoms with Gasteiger partial charge in [-0.2, -0.15) is 0 Å². The van der Waals surface area contributed by atoms with Crippen molar-refractivity contribution in [2.24, 2.45) is 22.7 Å². The summed E-state index contributed by atoms with van der Waals surface area (Å²) in [7, 11) is 0. The molecular formula is C37H60O3. The van der Waals surface area contributed by atoms with Crippen molar-refractivity contribution in [3.05, 3.63) is 66.2 Å². The van der Waals surface area contributed by atoms with E-state index in [0.717, 1.165) is 33.6 Å². The smallest absolute Gasteiger partial charge is 0.123 e. The molecule has 4 saturated carbocycles. The second kappa shape index (κ2) is 18.6. The molecule has 0 saturated heterocycles. The highest BCUT2D eigenvalue weighted by Gasteiger charge is 2.53. The predicted octanol–water partition coefficient (Wildman–Crippen LogP) is 11.7. The highest BCUT2D eigenvalue weighted by Crippen LogP contribution is 2.64. The van der Waals surface area contributed by atoms with Crippen molar-refractivity contribution < 1.29 is 15.3 Å². The first-order chi connectivity index (χ1) is 19.1. The summed E-state index contributed by atoms with van der Waals surface area (Å²) >= 11 is 0. The Morgan fingerprint density at radius 1 is 0.600 bits per heavy atom. The molecular weight excluding hydrogens is 492 g/mol. The van der Waals surface area contributed by atoms with E-state index < -0.39 is 0 Å². The SMILES string of the molecule is CC.CC.CC.CC.CC12CC3CC(C1)CC(C)(C3)C2.Cc1cccc(O)c1.Oc1ccc2cccc(O)c2c1. The first-order valence-electron chi connectivity index (χ1n) is 15.8. The van der Waals surface area contributed by atoms with Crippen LogP contribution in [-0.4, -0.2) is 15.3 Å². The van der Waals surface area contributed by atoms with Crippen LogP contribution < -0.4 is 0 Å². The molecule has 0 amide bonds. The van der Waals surface area contributed by atoms with Crippen LogP contribution in [0.3, 0.4) is 0 Å². The predicted molar refractivity (Wildman–Crippen MR) is 176 cm³/mol. The molecule has 4 bridgehead atoms. The van der Waals surface area contributed by atoms with Gasteiger partial charge >= 0.3 is 0 Å². The van der Waals surface area contributed by atoms with Crippen LogP contribution in [0.5, 0.6) is 17.2 Å². The summed E-state index contributed by atoms with van der Waals surface area (Å²) in [5.74, 6) is 2.93. The molecule has 0 unspecified atom stereocenters. The lowest BCUT2D eigenvalue weighted by molar-refractivity contribution is -0.0920. The molecule has 3 N–H and O–H groups in total. The lowest BCUT2D eigenvalue weighted by Gasteiger charge is -2.60. The number of aromatic hydroxyl groups is 3. The largest absolute Gasteiger partial charge is 0.508 e. The van der Waals surface area contributed by atoms with Crippen LogP contribution in [0.1, 0.15) is 113 Å². The number of benzene rings is 3. The molecule has 40 heavy (non-hydrogen) atoms. The fourth-order valence-electron chi connectivity index (χ4n) is 7.09. The van der Waals surface area contributed by atoms with Crippen molar-refractivity contribution in [2.75, 3.05) is 0 Å². The molecule has 0 aromatic heterocycles. The number of phenols is 3. The lowest BCUT2D eigenvalue weighted by atomic mass is 9.45. The van der Waals surface area contributed by atoms with Crippen molar-refractivity contribution in [3.63, 3.8) is 0 Å². The lowest BCUT2D eigenvalue weighted by Crippen LogP contribution is -2.49. The van der Waals surface area contributed by atoms with Gasteiger partial charge in [0, 0.05) is 5.39 Å². The van der Waals surface area contributed by atoms with Crippen molar-refractivity contribution >= 4 is 10.8 Å². The van der Waals surface area contributed by atoms with Gasteiger partial charge in [-0.1, -0.05) is 99.6 Å². The first-order valence-corrected chi connectivity index (χ1v) is 15.8. The summed E-state index contributed by atoms with van der Waals surface area (Å²) in [4.78, 5) is 0. The fraction of sp³-hybridized carbons (Fsp3) is 0.568. The molecule has 7 rings (SSSR count). The molecule has 0 spiro atoms. The van der Waals surface area contributed by atoms with Crippen LogP contribution in [0.15, 0.2) is 60.7 Å². The molecule has 4 aliphatic carbocycles. The van der Waals surface area contributed by atoms with Gasteiger partial charge in [0.2, 0.25) is 0 Å². The summed E-state index contributed by atoms with van der Waals surface area (Å²) < 4.78 is 0. The van der Waals surface area contributed by atoms with Gasteiger partial charge in [0.1, 0.15) is 17.2 Å². The van der Waals surface area contributed by atoms with Gasteiger partial charge in [-0.05, 0) is 109 Å². The second-order valence-corrected chi connectivity index (χ2v) is 11.1. The number of fused-ring (bicyclic) bond motifs is 1. The van der Waals surface area contributed by atoms with Crippen molar-refractivity contribution in [2.45, 2.75) is 115 Å². The Bertz CT molecular complexity index is 1040. The fourth-order valence-corrected chi connectivity index (χ4v) is 7.09. The highest BCUT2D eigenvalue weighted by molar-refractivity contribution is 5.89. The Balaban J connectivity index is 0.000000515. The molecule has 3 aromatic carbocycles. The third kappa shape index (κ3) is 11.4. The third-order valence-corrected chi connectivity index (χ3v) is 7.49. The van der Waals surface area contributed by atoms with Crippen LogP contribution in [0, 0.1) is 29.6 Å². The van der Waals surface area contributed by atoms with Crippen molar-refractivity contribution in [1.82, 2.24) is 0 Å². The maximum Gasteiger partial charge on any atom is 0.123 e. The Morgan fingerprint density at radius 3 is 1.50 bits per heavy atom. The van der Waals surface area contributed by atoms with E-state index in [1.165, 1.54) is 6.42 Å². The van der Waals surface area contributed by atoms with E-state index >= 15 is 0 Å². The number of hydrogen-bond acceptors (Lipinski definition) is 3. The van der Waals surface area contributed by atoms with Crippen molar-refractivity contribution in [1.29, 1.82) is 0 Å². The molecule has 4 fully saturated rings. The Hall–Kier alpha value is -2.68. The molecule has 0 atom stereocenters. The van der Waals surface area contributed by atoms with Crippen LogP contribution in [-0.2, 0) is 0 Å². The minimum absolute atomic E-state index is 0.170. The molecule has 3 aromatic rings. The van der Waals surface area contributed by atoms with E-state index in [1.807, 2.05) is 80.5 Å². The van der Waals surface area contributed by atoms with Crippen molar-refractivity contribution in [3.8, 4) is 17.2 Å². The van der Waals surface area contributed by atoms with E-state index in [-0.39, 0.29) is 11.5 Å². The van der Waals surface area contributed by atoms with Gasteiger partial charge in [0.05, 0.1) is 0 Å². The average Bonchev–Trinajstić information content (AvgIpc) is 2.92. The third-order valence-electron chi connectivity index (χ3n) is 7.49. The number of phenolic OH excluding ortho intramolecular Hbond substituents is 3. The van der Waals surface area contributed by atoms with Gasteiger partial charge in [0.25, 0.3) is 0 Å². The van der Waals surface area contributed by atoms with Gasteiger partial charge < -0.3 is 15.3 Å². The maximum absolute atomic E-state index is 9.38. The summed E-state index contributed by atoms with van der Waals surface area (Å²) in [6.07, 6.45) is 9.33. The van der Waals surface area contributed by atoms with E-state index in [0.29, 0.717) is 11.1 Å². The zero-order valence-electron chi connectivity index (χ0n) is 27.5. The van der Waals surface area contributed by atoms with Gasteiger partial charge in [-0.3, -0.25) is 0 Å². The number of rotatable bonds is 0. The standard InChI is InChI=1S/C12H20.C10H8O2.C7H8O.4C2H6/c1-11-4-9-3-10(5-11)7-12(2,6-9)8-11;11-8-5-4-7-2-1-3-10(12)9(7)6-8;1-6-3-2-4-7(8)5-6;4*1-2/h9-10H,3-8H2,1-2H3;1-6,11-12H;2-5,8H,1H3;4*1-2H3.